The Hall–Kier alpha value is -0.610. The summed E-state index contributed by atoms with van der Waals surface area (Å²) in [5.41, 5.74) is 6.10. The van der Waals surface area contributed by atoms with Crippen molar-refractivity contribution in [3.8, 4) is 0 Å². The van der Waals surface area contributed by atoms with Crippen LogP contribution in [0.1, 0.15) is 46.5 Å². The van der Waals surface area contributed by atoms with Gasteiger partial charge in [-0.25, -0.2) is 0 Å². The first-order valence-corrected chi connectivity index (χ1v) is 7.12. The van der Waals surface area contributed by atoms with Gasteiger partial charge in [0.05, 0.1) is 6.04 Å². The van der Waals surface area contributed by atoms with Gasteiger partial charge in [0.2, 0.25) is 5.91 Å². The first-order valence-electron chi connectivity index (χ1n) is 7.12. The van der Waals surface area contributed by atoms with Crippen LogP contribution in [0.2, 0.25) is 0 Å². The van der Waals surface area contributed by atoms with E-state index in [2.05, 4.69) is 5.32 Å². The van der Waals surface area contributed by atoms with Crippen molar-refractivity contribution in [2.75, 3.05) is 19.8 Å². The molecule has 0 heterocycles. The first-order chi connectivity index (χ1) is 8.51. The van der Waals surface area contributed by atoms with Gasteiger partial charge in [0, 0.05) is 19.8 Å². The van der Waals surface area contributed by atoms with Gasteiger partial charge in [-0.05, 0) is 37.5 Å². The maximum Gasteiger partial charge on any atom is 0.237 e. The zero-order chi connectivity index (χ0) is 13.6. The van der Waals surface area contributed by atoms with Gasteiger partial charge in [0.15, 0.2) is 0 Å². The minimum absolute atomic E-state index is 0.0207. The van der Waals surface area contributed by atoms with Crippen LogP contribution in [0.15, 0.2) is 0 Å². The van der Waals surface area contributed by atoms with Crippen LogP contribution >= 0.6 is 0 Å². The quantitative estimate of drug-likeness (QED) is 0.649. The standard InChI is InChI=1S/C14H28N2O2/c1-4-18-9-8-14(6-5-7-14)10-16-13(17)12(15)11(2)3/h11-12H,4-10,15H2,1-3H3,(H,16,17)/t12-/m0/s1. The van der Waals surface area contributed by atoms with Crippen LogP contribution in [0, 0.1) is 11.3 Å². The van der Waals surface area contributed by atoms with Gasteiger partial charge in [-0.2, -0.15) is 0 Å². The molecule has 0 saturated heterocycles. The zero-order valence-electron chi connectivity index (χ0n) is 12.0. The van der Waals surface area contributed by atoms with Gasteiger partial charge in [0.25, 0.3) is 0 Å². The summed E-state index contributed by atoms with van der Waals surface area (Å²) in [5.74, 6) is 0.165. The number of carbonyl (C=O) groups is 1. The highest BCUT2D eigenvalue weighted by molar-refractivity contribution is 5.81. The lowest BCUT2D eigenvalue weighted by Crippen LogP contribution is -2.49. The minimum Gasteiger partial charge on any atom is -0.382 e. The van der Waals surface area contributed by atoms with Gasteiger partial charge in [-0.3, -0.25) is 4.79 Å². The normalized spacial score (nSPS) is 19.4. The third-order valence-electron chi connectivity index (χ3n) is 4.05. The summed E-state index contributed by atoms with van der Waals surface area (Å²) in [6.45, 7) is 8.26. The second-order valence-corrected chi connectivity index (χ2v) is 5.79. The fourth-order valence-corrected chi connectivity index (χ4v) is 2.32. The number of carbonyl (C=O) groups excluding carboxylic acids is 1. The van der Waals surface area contributed by atoms with Crippen molar-refractivity contribution in [2.45, 2.75) is 52.5 Å². The summed E-state index contributed by atoms with van der Waals surface area (Å²) < 4.78 is 5.42. The smallest absolute Gasteiger partial charge is 0.237 e. The van der Waals surface area contributed by atoms with E-state index in [4.69, 9.17) is 10.5 Å². The van der Waals surface area contributed by atoms with Crippen molar-refractivity contribution >= 4 is 5.91 Å². The third-order valence-corrected chi connectivity index (χ3v) is 4.05. The molecule has 0 radical (unpaired) electrons. The fourth-order valence-electron chi connectivity index (χ4n) is 2.32. The molecule has 0 bridgehead atoms. The molecule has 106 valence electrons. The van der Waals surface area contributed by atoms with E-state index >= 15 is 0 Å². The van der Waals surface area contributed by atoms with E-state index in [0.29, 0.717) is 0 Å². The molecule has 1 rings (SSSR count). The molecule has 1 fully saturated rings. The van der Waals surface area contributed by atoms with Crippen LogP contribution in [-0.2, 0) is 9.53 Å². The van der Waals surface area contributed by atoms with Gasteiger partial charge < -0.3 is 15.8 Å². The maximum atomic E-state index is 11.8. The Morgan fingerprint density at radius 1 is 1.44 bits per heavy atom. The largest absolute Gasteiger partial charge is 0.382 e. The van der Waals surface area contributed by atoms with Gasteiger partial charge in [-0.15, -0.1) is 0 Å². The molecule has 1 saturated carbocycles. The zero-order valence-corrected chi connectivity index (χ0v) is 12.0. The number of nitrogens with one attached hydrogen (secondary N) is 1. The summed E-state index contributed by atoms with van der Waals surface area (Å²) in [6, 6.07) is -0.394. The molecule has 1 amide bonds. The highest BCUT2D eigenvalue weighted by Crippen LogP contribution is 2.43. The van der Waals surface area contributed by atoms with E-state index < -0.39 is 6.04 Å². The van der Waals surface area contributed by atoms with Gasteiger partial charge in [0.1, 0.15) is 0 Å². The Labute approximate surface area is 111 Å². The van der Waals surface area contributed by atoms with E-state index in [0.717, 1.165) is 26.2 Å². The highest BCUT2D eigenvalue weighted by atomic mass is 16.5. The summed E-state index contributed by atoms with van der Waals surface area (Å²) in [4.78, 5) is 11.8. The lowest BCUT2D eigenvalue weighted by molar-refractivity contribution is -0.124. The molecule has 0 spiro atoms. The summed E-state index contributed by atoms with van der Waals surface area (Å²) in [6.07, 6.45) is 4.69. The number of nitrogens with two attached hydrogens (primary N) is 1. The molecule has 3 N–H and O–H groups in total. The minimum atomic E-state index is -0.394. The summed E-state index contributed by atoms with van der Waals surface area (Å²) in [5, 5.41) is 3.01. The summed E-state index contributed by atoms with van der Waals surface area (Å²) >= 11 is 0. The van der Waals surface area contributed by atoms with Crippen LogP contribution in [0.25, 0.3) is 0 Å². The number of hydrogen-bond donors (Lipinski definition) is 2. The average molecular weight is 256 g/mol. The fraction of sp³-hybridized carbons (Fsp3) is 0.929. The maximum absolute atomic E-state index is 11.8. The van der Waals surface area contributed by atoms with Crippen molar-refractivity contribution < 1.29 is 9.53 Å². The predicted octanol–water partition coefficient (Wildman–Crippen LogP) is 1.68. The molecule has 0 aromatic carbocycles. The molecular formula is C14H28N2O2. The molecule has 4 nitrogen and oxygen atoms in total. The van der Waals surface area contributed by atoms with E-state index in [1.54, 1.807) is 0 Å². The van der Waals surface area contributed by atoms with Gasteiger partial charge in [-0.1, -0.05) is 20.3 Å². The molecule has 4 heteroatoms. The second kappa shape index (κ2) is 7.10. The number of amides is 1. The molecular weight excluding hydrogens is 228 g/mol. The molecule has 1 atom stereocenters. The van der Waals surface area contributed by atoms with E-state index in [9.17, 15) is 4.79 Å². The lowest BCUT2D eigenvalue weighted by atomic mass is 9.66. The van der Waals surface area contributed by atoms with Crippen molar-refractivity contribution in [3.63, 3.8) is 0 Å². The van der Waals surface area contributed by atoms with Crippen molar-refractivity contribution in [3.05, 3.63) is 0 Å². The molecule has 1 aliphatic rings. The average Bonchev–Trinajstić information content (AvgIpc) is 2.30. The molecule has 1 aliphatic carbocycles. The Morgan fingerprint density at radius 2 is 2.11 bits per heavy atom. The highest BCUT2D eigenvalue weighted by Gasteiger charge is 2.37. The van der Waals surface area contributed by atoms with Crippen molar-refractivity contribution in [1.29, 1.82) is 0 Å². The van der Waals surface area contributed by atoms with E-state index in [1.807, 2.05) is 20.8 Å². The summed E-state index contributed by atoms with van der Waals surface area (Å²) in [7, 11) is 0. The molecule has 0 aromatic rings. The van der Waals surface area contributed by atoms with Crippen LogP contribution in [0.4, 0.5) is 0 Å². The van der Waals surface area contributed by atoms with E-state index in [1.165, 1.54) is 19.3 Å². The molecule has 18 heavy (non-hydrogen) atoms. The second-order valence-electron chi connectivity index (χ2n) is 5.79. The van der Waals surface area contributed by atoms with Crippen molar-refractivity contribution in [1.82, 2.24) is 5.32 Å². The predicted molar refractivity (Wildman–Crippen MR) is 73.2 cm³/mol. The molecule has 0 aliphatic heterocycles. The van der Waals surface area contributed by atoms with E-state index in [-0.39, 0.29) is 17.2 Å². The number of rotatable bonds is 8. The lowest BCUT2D eigenvalue weighted by Gasteiger charge is -2.42. The van der Waals surface area contributed by atoms with Crippen LogP contribution in [-0.4, -0.2) is 31.7 Å². The van der Waals surface area contributed by atoms with Crippen LogP contribution in [0.5, 0.6) is 0 Å². The van der Waals surface area contributed by atoms with Crippen LogP contribution < -0.4 is 11.1 Å². The topological polar surface area (TPSA) is 64.3 Å². The van der Waals surface area contributed by atoms with Crippen molar-refractivity contribution in [2.24, 2.45) is 17.1 Å². The van der Waals surface area contributed by atoms with Crippen LogP contribution in [0.3, 0.4) is 0 Å². The molecule has 0 unspecified atom stereocenters. The monoisotopic (exact) mass is 256 g/mol. The Balaban J connectivity index is 2.32. The number of ether oxygens (including phenoxy) is 1. The Bertz CT molecular complexity index is 263. The third kappa shape index (κ3) is 4.25. The molecule has 0 aromatic heterocycles. The van der Waals surface area contributed by atoms with Gasteiger partial charge >= 0.3 is 0 Å². The number of hydrogen-bond acceptors (Lipinski definition) is 3. The Kier molecular flexibility index (Phi) is 6.09. The Morgan fingerprint density at radius 3 is 2.56 bits per heavy atom. The first kappa shape index (κ1) is 15.4. The SMILES string of the molecule is CCOCCC1(CNC(=O)[C@@H](N)C(C)C)CCC1.